The first-order valence-electron chi connectivity index (χ1n) is 9.98. The molecule has 3 aromatic rings. The van der Waals surface area contributed by atoms with E-state index in [9.17, 15) is 4.79 Å². The number of nitrogens with zero attached hydrogens (tertiary/aromatic N) is 4. The van der Waals surface area contributed by atoms with Gasteiger partial charge in [-0.25, -0.2) is 4.98 Å². The monoisotopic (exact) mass is 376 g/mol. The molecule has 1 aromatic heterocycles. The predicted octanol–water partition coefficient (Wildman–Crippen LogP) is 4.00. The zero-order valence-corrected chi connectivity index (χ0v) is 16.9. The number of piperidine rings is 1. The lowest BCUT2D eigenvalue weighted by atomic mass is 9.93. The van der Waals surface area contributed by atoms with Gasteiger partial charge in [0, 0.05) is 25.7 Å². The molecular weight excluding hydrogens is 348 g/mol. The van der Waals surface area contributed by atoms with E-state index in [2.05, 4.69) is 53.1 Å². The van der Waals surface area contributed by atoms with Gasteiger partial charge in [-0.05, 0) is 62.7 Å². The van der Waals surface area contributed by atoms with Gasteiger partial charge in [-0.2, -0.15) is 0 Å². The Labute approximate surface area is 166 Å². The summed E-state index contributed by atoms with van der Waals surface area (Å²) >= 11 is 0. The highest BCUT2D eigenvalue weighted by molar-refractivity contribution is 5.97. The first-order valence-corrected chi connectivity index (χ1v) is 9.98. The van der Waals surface area contributed by atoms with E-state index < -0.39 is 0 Å². The van der Waals surface area contributed by atoms with Crippen molar-refractivity contribution in [3.8, 4) is 0 Å². The topological polar surface area (TPSA) is 41.4 Å². The second-order valence-electron chi connectivity index (χ2n) is 8.05. The molecule has 1 aliphatic rings. The number of aromatic nitrogens is 2. The molecule has 1 amide bonds. The lowest BCUT2D eigenvalue weighted by molar-refractivity contribution is 0.0611. The quantitative estimate of drug-likeness (QED) is 0.691. The first kappa shape index (κ1) is 18.7. The maximum absolute atomic E-state index is 13.3. The smallest absolute Gasteiger partial charge is 0.254 e. The van der Waals surface area contributed by atoms with E-state index in [4.69, 9.17) is 0 Å². The Morgan fingerprint density at radius 3 is 2.68 bits per heavy atom. The van der Waals surface area contributed by atoms with Gasteiger partial charge in [-0.15, -0.1) is 0 Å². The van der Waals surface area contributed by atoms with Gasteiger partial charge in [0.15, 0.2) is 0 Å². The highest BCUT2D eigenvalue weighted by Gasteiger charge is 2.29. The van der Waals surface area contributed by atoms with Gasteiger partial charge in [-0.1, -0.05) is 24.3 Å². The Bertz CT molecular complexity index is 974. The number of hydrogen-bond acceptors (Lipinski definition) is 3. The summed E-state index contributed by atoms with van der Waals surface area (Å²) in [5, 5.41) is 0. The van der Waals surface area contributed by atoms with E-state index in [0.717, 1.165) is 48.9 Å². The molecule has 28 heavy (non-hydrogen) atoms. The number of aryl methyl sites for hydroxylation is 1. The van der Waals surface area contributed by atoms with Crippen molar-refractivity contribution in [2.24, 2.45) is 7.05 Å². The van der Waals surface area contributed by atoms with Gasteiger partial charge >= 0.3 is 0 Å². The molecule has 1 saturated heterocycles. The summed E-state index contributed by atoms with van der Waals surface area (Å²) in [6.45, 7) is 1.74. The fourth-order valence-corrected chi connectivity index (χ4v) is 4.17. The minimum atomic E-state index is 0.106. The summed E-state index contributed by atoms with van der Waals surface area (Å²) in [6, 6.07) is 14.7. The highest BCUT2D eigenvalue weighted by Crippen LogP contribution is 2.32. The van der Waals surface area contributed by atoms with E-state index in [1.54, 1.807) is 6.33 Å². The molecule has 5 nitrogen and oxygen atoms in total. The number of rotatable bonds is 4. The summed E-state index contributed by atoms with van der Waals surface area (Å²) in [7, 11) is 6.12. The minimum absolute atomic E-state index is 0.106. The Morgan fingerprint density at radius 2 is 1.93 bits per heavy atom. The van der Waals surface area contributed by atoms with Gasteiger partial charge < -0.3 is 14.4 Å². The number of carbonyl (C=O) groups is 1. The zero-order chi connectivity index (χ0) is 19.7. The van der Waals surface area contributed by atoms with Crippen molar-refractivity contribution in [2.75, 3.05) is 20.6 Å². The lowest BCUT2D eigenvalue weighted by Gasteiger charge is -2.36. The summed E-state index contributed by atoms with van der Waals surface area (Å²) in [5.41, 5.74) is 5.16. The number of fused-ring (bicyclic) bond motifs is 1. The number of carbonyl (C=O) groups excluding carboxylic acids is 1. The SMILES string of the molecule is CN(C)Cc1ccc(C2CCCCN2C(=O)c2ccc3c(c2)ncn3C)cc1. The molecule has 2 heterocycles. The van der Waals surface area contributed by atoms with E-state index in [-0.39, 0.29) is 11.9 Å². The van der Waals surface area contributed by atoms with Crippen LogP contribution in [0.4, 0.5) is 0 Å². The molecule has 4 rings (SSSR count). The maximum Gasteiger partial charge on any atom is 0.254 e. The van der Waals surface area contributed by atoms with Crippen LogP contribution in [0.2, 0.25) is 0 Å². The molecule has 1 atom stereocenters. The van der Waals surface area contributed by atoms with Crippen LogP contribution < -0.4 is 0 Å². The largest absolute Gasteiger partial charge is 0.334 e. The van der Waals surface area contributed by atoms with Gasteiger partial charge in [-0.3, -0.25) is 4.79 Å². The fourth-order valence-electron chi connectivity index (χ4n) is 4.17. The second kappa shape index (κ2) is 7.76. The van der Waals surface area contributed by atoms with Gasteiger partial charge in [0.1, 0.15) is 0 Å². The van der Waals surface area contributed by atoms with Crippen molar-refractivity contribution < 1.29 is 4.79 Å². The molecule has 0 bridgehead atoms. The van der Waals surface area contributed by atoms with Crippen molar-refractivity contribution in [3.63, 3.8) is 0 Å². The molecule has 1 unspecified atom stereocenters. The van der Waals surface area contributed by atoms with Crippen LogP contribution in [-0.4, -0.2) is 45.9 Å². The Kier molecular flexibility index (Phi) is 5.18. The Morgan fingerprint density at radius 1 is 1.14 bits per heavy atom. The zero-order valence-electron chi connectivity index (χ0n) is 16.9. The van der Waals surface area contributed by atoms with Crippen molar-refractivity contribution in [1.29, 1.82) is 0 Å². The molecule has 146 valence electrons. The van der Waals surface area contributed by atoms with Crippen LogP contribution in [0.25, 0.3) is 11.0 Å². The molecular formula is C23H28N4O. The summed E-state index contributed by atoms with van der Waals surface area (Å²) in [4.78, 5) is 22.0. The van der Waals surface area contributed by atoms with E-state index in [1.165, 1.54) is 11.1 Å². The van der Waals surface area contributed by atoms with Gasteiger partial charge in [0.05, 0.1) is 23.4 Å². The van der Waals surface area contributed by atoms with E-state index in [1.807, 2.05) is 29.8 Å². The normalized spacial score (nSPS) is 17.4. The molecule has 0 saturated carbocycles. The molecule has 5 heteroatoms. The second-order valence-corrected chi connectivity index (χ2v) is 8.05. The minimum Gasteiger partial charge on any atom is -0.334 e. The summed E-state index contributed by atoms with van der Waals surface area (Å²) < 4.78 is 1.97. The molecule has 1 fully saturated rings. The van der Waals surface area contributed by atoms with E-state index >= 15 is 0 Å². The number of likely N-dealkylation sites (tertiary alicyclic amines) is 1. The molecule has 0 spiro atoms. The predicted molar refractivity (Wildman–Crippen MR) is 112 cm³/mol. The van der Waals surface area contributed by atoms with Crippen LogP contribution in [0.3, 0.4) is 0 Å². The average Bonchev–Trinajstić information content (AvgIpc) is 3.08. The summed E-state index contributed by atoms with van der Waals surface area (Å²) in [6.07, 6.45) is 5.03. The standard InChI is InChI=1S/C23H28N4O/c1-25(2)15-17-7-9-18(10-8-17)21-6-4-5-13-27(21)23(28)19-11-12-22-20(14-19)24-16-26(22)3/h7-12,14,16,21H,4-6,13,15H2,1-3H3. The number of hydrogen-bond donors (Lipinski definition) is 0. The highest BCUT2D eigenvalue weighted by atomic mass is 16.2. The van der Waals surface area contributed by atoms with Crippen LogP contribution in [0.1, 0.15) is 46.8 Å². The van der Waals surface area contributed by atoms with Gasteiger partial charge in [0.2, 0.25) is 0 Å². The van der Waals surface area contributed by atoms with Crippen molar-refractivity contribution in [1.82, 2.24) is 19.4 Å². The van der Waals surface area contributed by atoms with Crippen molar-refractivity contribution in [3.05, 3.63) is 65.5 Å². The third-order valence-electron chi connectivity index (χ3n) is 5.60. The molecule has 0 radical (unpaired) electrons. The van der Waals surface area contributed by atoms with Crippen molar-refractivity contribution >= 4 is 16.9 Å². The van der Waals surface area contributed by atoms with Crippen LogP contribution in [-0.2, 0) is 13.6 Å². The van der Waals surface area contributed by atoms with Crippen LogP contribution in [0.15, 0.2) is 48.8 Å². The third kappa shape index (κ3) is 3.67. The van der Waals surface area contributed by atoms with Crippen LogP contribution in [0, 0.1) is 0 Å². The lowest BCUT2D eigenvalue weighted by Crippen LogP contribution is -2.38. The molecule has 1 aliphatic heterocycles. The van der Waals surface area contributed by atoms with E-state index in [0.29, 0.717) is 0 Å². The average molecular weight is 377 g/mol. The number of imidazole rings is 1. The van der Waals surface area contributed by atoms with Gasteiger partial charge in [0.25, 0.3) is 5.91 Å². The number of benzene rings is 2. The fraction of sp³-hybridized carbons (Fsp3) is 0.391. The number of amides is 1. The maximum atomic E-state index is 13.3. The van der Waals surface area contributed by atoms with Crippen LogP contribution in [0.5, 0.6) is 0 Å². The summed E-state index contributed by atoms with van der Waals surface area (Å²) in [5.74, 6) is 0.106. The first-order chi connectivity index (χ1) is 13.5. The third-order valence-corrected chi connectivity index (χ3v) is 5.60. The van der Waals surface area contributed by atoms with Crippen LogP contribution >= 0.6 is 0 Å². The molecule has 0 N–H and O–H groups in total. The van der Waals surface area contributed by atoms with Crippen molar-refractivity contribution in [2.45, 2.75) is 31.8 Å². The molecule has 0 aliphatic carbocycles. The Hall–Kier alpha value is -2.66. The Balaban J connectivity index is 1.59. The molecule has 2 aromatic carbocycles.